The Hall–Kier alpha value is -2.24. The summed E-state index contributed by atoms with van der Waals surface area (Å²) in [5.74, 6) is -0.907. The number of Topliss-reactive ketones (excluding diaryl/α,β-unsaturated/α-hetero) is 1. The Morgan fingerprint density at radius 2 is 1.96 bits per heavy atom. The number of hydrogen-bond acceptors (Lipinski definition) is 4. The molecule has 0 aromatic heterocycles. The van der Waals surface area contributed by atoms with Crippen molar-refractivity contribution in [3.8, 4) is 0 Å². The summed E-state index contributed by atoms with van der Waals surface area (Å²) < 4.78 is 0. The van der Waals surface area contributed by atoms with Gasteiger partial charge >= 0.3 is 5.97 Å². The lowest BCUT2D eigenvalue weighted by Gasteiger charge is -2.27. The molecule has 0 bridgehead atoms. The van der Waals surface area contributed by atoms with Gasteiger partial charge in [-0.25, -0.2) is 0 Å². The number of aliphatic carboxylic acids is 1. The Kier molecular flexibility index (Phi) is 8.60. The molecule has 0 aromatic rings. The van der Waals surface area contributed by atoms with Gasteiger partial charge < -0.3 is 10.4 Å². The fourth-order valence-corrected chi connectivity index (χ4v) is 3.23. The first-order valence-electron chi connectivity index (χ1n) is 9.52. The van der Waals surface area contributed by atoms with E-state index >= 15 is 0 Å². The van der Waals surface area contributed by atoms with Gasteiger partial charge in [-0.05, 0) is 36.8 Å². The third-order valence-corrected chi connectivity index (χ3v) is 5.49. The molecule has 0 radical (unpaired) electrons. The fraction of sp³-hybridized carbons (Fsp3) is 0.619. The van der Waals surface area contributed by atoms with E-state index in [-0.39, 0.29) is 17.6 Å². The van der Waals surface area contributed by atoms with Crippen molar-refractivity contribution in [3.05, 3.63) is 22.4 Å². The molecule has 27 heavy (non-hydrogen) atoms. The molecule has 1 aliphatic rings. The predicted octanol–water partition coefficient (Wildman–Crippen LogP) is 3.93. The smallest absolute Gasteiger partial charge is 0.307 e. The number of aliphatic imine (C=N–C) groups is 2. The molecule has 0 aliphatic carbocycles. The molecule has 1 rings (SSSR count). The van der Waals surface area contributed by atoms with Crippen LogP contribution in [0, 0.1) is 5.41 Å². The van der Waals surface area contributed by atoms with E-state index < -0.39 is 5.97 Å². The number of allylic oxidation sites excluding steroid dienone is 2. The number of rotatable bonds is 10. The summed E-state index contributed by atoms with van der Waals surface area (Å²) in [5, 5.41) is 12.4. The largest absolute Gasteiger partial charge is 0.481 e. The Balaban J connectivity index is 3.45. The van der Waals surface area contributed by atoms with Crippen LogP contribution in [0.4, 0.5) is 0 Å². The van der Waals surface area contributed by atoms with Gasteiger partial charge in [0, 0.05) is 37.0 Å². The van der Waals surface area contributed by atoms with Crippen LogP contribution in [-0.2, 0) is 9.59 Å². The first-order chi connectivity index (χ1) is 12.7. The highest BCUT2D eigenvalue weighted by Gasteiger charge is 2.28. The van der Waals surface area contributed by atoms with E-state index in [1.165, 1.54) is 0 Å². The van der Waals surface area contributed by atoms with E-state index in [0.717, 1.165) is 24.1 Å². The third-order valence-electron chi connectivity index (χ3n) is 5.49. The first-order valence-corrected chi connectivity index (χ1v) is 9.52. The van der Waals surface area contributed by atoms with Crippen LogP contribution >= 0.6 is 0 Å². The minimum atomic E-state index is -0.902. The molecule has 2 N–H and O–H groups in total. The second kappa shape index (κ2) is 10.2. The quantitative estimate of drug-likeness (QED) is 0.447. The van der Waals surface area contributed by atoms with Gasteiger partial charge in [0.05, 0.1) is 12.8 Å². The Labute approximate surface area is 162 Å². The number of nitrogens with zero attached hydrogens (tertiary/aromatic N) is 2. The van der Waals surface area contributed by atoms with Crippen molar-refractivity contribution in [1.29, 1.82) is 0 Å². The normalized spacial score (nSPS) is 15.9. The summed E-state index contributed by atoms with van der Waals surface area (Å²) >= 11 is 0. The zero-order chi connectivity index (χ0) is 20.6. The van der Waals surface area contributed by atoms with Crippen molar-refractivity contribution in [1.82, 2.24) is 5.32 Å². The lowest BCUT2D eigenvalue weighted by atomic mass is 9.79. The number of carbonyl (C=O) groups excluding carboxylic acids is 1. The number of carbonyl (C=O) groups is 2. The monoisotopic (exact) mass is 375 g/mol. The minimum Gasteiger partial charge on any atom is -0.481 e. The summed E-state index contributed by atoms with van der Waals surface area (Å²) in [6.07, 6.45) is 4.58. The number of ketones is 1. The van der Waals surface area contributed by atoms with Crippen LogP contribution in [0.3, 0.4) is 0 Å². The topological polar surface area (TPSA) is 91.1 Å². The van der Waals surface area contributed by atoms with Gasteiger partial charge in [0.15, 0.2) is 5.78 Å². The van der Waals surface area contributed by atoms with E-state index in [2.05, 4.69) is 31.1 Å². The Morgan fingerprint density at radius 3 is 2.44 bits per heavy atom. The summed E-state index contributed by atoms with van der Waals surface area (Å²) in [7, 11) is 1.66. The molecule has 6 heteroatoms. The van der Waals surface area contributed by atoms with Crippen molar-refractivity contribution in [2.75, 3.05) is 13.6 Å². The van der Waals surface area contributed by atoms with Gasteiger partial charge in [-0.3, -0.25) is 19.6 Å². The number of carboxylic acids is 1. The molecule has 0 saturated heterocycles. The van der Waals surface area contributed by atoms with Crippen LogP contribution in [0.2, 0.25) is 0 Å². The molecule has 0 saturated carbocycles. The molecular weight excluding hydrogens is 342 g/mol. The van der Waals surface area contributed by atoms with E-state index in [1.807, 2.05) is 6.92 Å². The molecule has 0 unspecified atom stereocenters. The standard InChI is InChI=1S/C21H33N3O3/c1-7-21(5,8-2)11-19-18(15(4)25)9-16(12-23-13-22-6)17(10-20(26)27)14(3)24-19/h13H,7-12H2,1-6H3,(H,22,23)(H,26,27). The summed E-state index contributed by atoms with van der Waals surface area (Å²) in [5.41, 5.74) is 3.81. The SMILES string of the molecule is CCC(C)(CC)CC1=C(C(C)=O)CC(CNC=NC)=C(CC(=O)O)C(C)=N1. The molecule has 0 amide bonds. The second-order valence-corrected chi connectivity index (χ2v) is 7.47. The van der Waals surface area contributed by atoms with Gasteiger partial charge in [-0.2, -0.15) is 0 Å². The van der Waals surface area contributed by atoms with E-state index in [9.17, 15) is 14.7 Å². The molecule has 0 aromatic carbocycles. The van der Waals surface area contributed by atoms with Crippen LogP contribution in [0.25, 0.3) is 0 Å². The number of hydrogen-bond donors (Lipinski definition) is 2. The van der Waals surface area contributed by atoms with Crippen molar-refractivity contribution < 1.29 is 14.7 Å². The zero-order valence-electron chi connectivity index (χ0n) is 17.5. The maximum Gasteiger partial charge on any atom is 0.307 e. The van der Waals surface area contributed by atoms with Crippen molar-refractivity contribution in [2.24, 2.45) is 15.4 Å². The highest BCUT2D eigenvalue weighted by molar-refractivity contribution is 6.05. The molecule has 0 spiro atoms. The average Bonchev–Trinajstić information content (AvgIpc) is 2.72. The highest BCUT2D eigenvalue weighted by atomic mass is 16.4. The van der Waals surface area contributed by atoms with Gasteiger partial charge in [-0.1, -0.05) is 33.6 Å². The van der Waals surface area contributed by atoms with Gasteiger partial charge in [0.1, 0.15) is 0 Å². The highest BCUT2D eigenvalue weighted by Crippen LogP contribution is 2.37. The molecule has 0 atom stereocenters. The lowest BCUT2D eigenvalue weighted by Crippen LogP contribution is -2.19. The lowest BCUT2D eigenvalue weighted by molar-refractivity contribution is -0.136. The maximum atomic E-state index is 12.4. The predicted molar refractivity (Wildman–Crippen MR) is 110 cm³/mol. The van der Waals surface area contributed by atoms with Gasteiger partial charge in [0.25, 0.3) is 0 Å². The second-order valence-electron chi connectivity index (χ2n) is 7.47. The van der Waals surface area contributed by atoms with Crippen LogP contribution in [0.5, 0.6) is 0 Å². The van der Waals surface area contributed by atoms with Crippen molar-refractivity contribution in [3.63, 3.8) is 0 Å². The maximum absolute atomic E-state index is 12.4. The summed E-state index contributed by atoms with van der Waals surface area (Å²) in [6.45, 7) is 10.4. The van der Waals surface area contributed by atoms with Gasteiger partial charge in [0.2, 0.25) is 0 Å². The molecule has 0 fully saturated rings. The fourth-order valence-electron chi connectivity index (χ4n) is 3.23. The van der Waals surface area contributed by atoms with Crippen LogP contribution < -0.4 is 5.32 Å². The van der Waals surface area contributed by atoms with E-state index in [4.69, 9.17) is 4.99 Å². The van der Waals surface area contributed by atoms with Crippen LogP contribution in [-0.4, -0.2) is 42.5 Å². The molecular formula is C21H33N3O3. The number of carboxylic acid groups (broad SMARTS) is 1. The van der Waals surface area contributed by atoms with E-state index in [1.54, 1.807) is 20.3 Å². The molecule has 150 valence electrons. The van der Waals surface area contributed by atoms with Crippen molar-refractivity contribution in [2.45, 2.75) is 66.7 Å². The molecule has 1 heterocycles. The number of nitrogens with one attached hydrogen (secondary N) is 1. The Morgan fingerprint density at radius 1 is 1.33 bits per heavy atom. The van der Waals surface area contributed by atoms with Crippen LogP contribution in [0.1, 0.15) is 66.7 Å². The molecule has 6 nitrogen and oxygen atoms in total. The van der Waals surface area contributed by atoms with E-state index in [0.29, 0.717) is 36.2 Å². The van der Waals surface area contributed by atoms with Crippen LogP contribution in [0.15, 0.2) is 32.4 Å². The summed E-state index contributed by atoms with van der Waals surface area (Å²) in [6, 6.07) is 0. The van der Waals surface area contributed by atoms with Gasteiger partial charge in [-0.15, -0.1) is 0 Å². The minimum absolute atomic E-state index is 0.00524. The third kappa shape index (κ3) is 6.45. The molecule has 1 aliphatic heterocycles. The van der Waals surface area contributed by atoms with Crippen molar-refractivity contribution >= 4 is 23.8 Å². The summed E-state index contributed by atoms with van der Waals surface area (Å²) in [4.78, 5) is 32.5. The first kappa shape index (κ1) is 22.8. The average molecular weight is 376 g/mol. The Bertz CT molecular complexity index is 695. The zero-order valence-corrected chi connectivity index (χ0v) is 17.5.